The molecular formula is C21H23ClN2O3S. The van der Waals surface area contributed by atoms with E-state index in [4.69, 9.17) is 21.1 Å². The average molecular weight is 419 g/mol. The van der Waals surface area contributed by atoms with Crippen molar-refractivity contribution in [3.05, 3.63) is 51.2 Å². The maximum absolute atomic E-state index is 12.6. The van der Waals surface area contributed by atoms with Crippen molar-refractivity contribution < 1.29 is 14.3 Å². The lowest BCUT2D eigenvalue weighted by molar-refractivity contribution is -0.127. The summed E-state index contributed by atoms with van der Waals surface area (Å²) in [6.45, 7) is 5.43. The number of hydrogen-bond acceptors (Lipinski definition) is 5. The first-order valence-corrected chi connectivity index (χ1v) is 10.8. The fourth-order valence-corrected chi connectivity index (χ4v) is 4.32. The predicted molar refractivity (Wildman–Crippen MR) is 112 cm³/mol. The Morgan fingerprint density at radius 3 is 2.79 bits per heavy atom. The Bertz CT molecular complexity index is 846. The number of halogens is 1. The van der Waals surface area contributed by atoms with Crippen LogP contribution < -0.4 is 9.47 Å². The number of carbonyl (C=O) groups excluding carboxylic acids is 1. The van der Waals surface area contributed by atoms with Gasteiger partial charge in [0.05, 0.1) is 18.2 Å². The molecule has 0 unspecified atom stereocenters. The number of ether oxygens (including phenoxy) is 2. The molecule has 1 aromatic heterocycles. The van der Waals surface area contributed by atoms with Crippen LogP contribution in [0, 0.1) is 0 Å². The number of nitrogens with zero attached hydrogens (tertiary/aromatic N) is 2. The van der Waals surface area contributed by atoms with Crippen LogP contribution in [0.2, 0.25) is 5.02 Å². The second-order valence-corrected chi connectivity index (χ2v) is 8.13. The Hall–Kier alpha value is -2.02. The van der Waals surface area contributed by atoms with Crippen molar-refractivity contribution in [2.75, 3.05) is 39.4 Å². The van der Waals surface area contributed by atoms with Crippen molar-refractivity contribution in [1.29, 1.82) is 0 Å². The lowest BCUT2D eigenvalue weighted by Crippen LogP contribution is -2.47. The third kappa shape index (κ3) is 4.69. The molecule has 2 aliphatic rings. The molecule has 1 saturated heterocycles. The van der Waals surface area contributed by atoms with Gasteiger partial charge in [-0.05, 0) is 46.2 Å². The van der Waals surface area contributed by atoms with Crippen molar-refractivity contribution in [3.63, 3.8) is 0 Å². The zero-order valence-corrected chi connectivity index (χ0v) is 17.2. The molecule has 7 heteroatoms. The Morgan fingerprint density at radius 2 is 2.00 bits per heavy atom. The SMILES string of the molecule is O=C(C=Cc1cc(Cl)c2c(c1)OCCCO2)N1CCN(Cc2ccsc2)CC1. The summed E-state index contributed by atoms with van der Waals surface area (Å²) >= 11 is 8.04. The molecule has 4 rings (SSSR count). The van der Waals surface area contributed by atoms with Crippen LogP contribution in [-0.2, 0) is 11.3 Å². The monoisotopic (exact) mass is 418 g/mol. The Labute approximate surface area is 174 Å². The summed E-state index contributed by atoms with van der Waals surface area (Å²) in [7, 11) is 0. The van der Waals surface area contributed by atoms with Crippen LogP contribution in [-0.4, -0.2) is 55.1 Å². The smallest absolute Gasteiger partial charge is 0.246 e. The van der Waals surface area contributed by atoms with Crippen LogP contribution in [0.25, 0.3) is 6.08 Å². The standard InChI is InChI=1S/C21H23ClN2O3S/c22-18-12-16(13-19-21(18)27-10-1-9-26-19)2-3-20(25)24-7-5-23(6-8-24)14-17-4-11-28-15-17/h2-4,11-13,15H,1,5-10,14H2. The van der Waals surface area contributed by atoms with Crippen molar-refractivity contribution in [3.8, 4) is 11.5 Å². The van der Waals surface area contributed by atoms with E-state index in [0.717, 1.165) is 44.7 Å². The Kier molecular flexibility index (Phi) is 6.20. The summed E-state index contributed by atoms with van der Waals surface area (Å²) < 4.78 is 11.3. The molecule has 148 valence electrons. The van der Waals surface area contributed by atoms with E-state index in [-0.39, 0.29) is 5.91 Å². The van der Waals surface area contributed by atoms with Crippen LogP contribution in [0.1, 0.15) is 17.5 Å². The molecule has 1 amide bonds. The molecule has 0 N–H and O–H groups in total. The highest BCUT2D eigenvalue weighted by Crippen LogP contribution is 2.38. The van der Waals surface area contributed by atoms with Crippen LogP contribution in [0.5, 0.6) is 11.5 Å². The highest BCUT2D eigenvalue weighted by atomic mass is 35.5. The van der Waals surface area contributed by atoms with E-state index < -0.39 is 0 Å². The molecule has 3 heterocycles. The zero-order chi connectivity index (χ0) is 19.3. The molecular weight excluding hydrogens is 396 g/mol. The molecule has 2 aromatic rings. The van der Waals surface area contributed by atoms with Crippen molar-refractivity contribution in [1.82, 2.24) is 9.80 Å². The fourth-order valence-electron chi connectivity index (χ4n) is 3.39. The maximum atomic E-state index is 12.6. The first kappa shape index (κ1) is 19.3. The van der Waals surface area contributed by atoms with Crippen molar-refractivity contribution in [2.45, 2.75) is 13.0 Å². The molecule has 5 nitrogen and oxygen atoms in total. The van der Waals surface area contributed by atoms with E-state index in [2.05, 4.69) is 21.7 Å². The summed E-state index contributed by atoms with van der Waals surface area (Å²) in [5.74, 6) is 1.25. The molecule has 0 aliphatic carbocycles. The van der Waals surface area contributed by atoms with Gasteiger partial charge in [-0.2, -0.15) is 11.3 Å². The number of benzene rings is 1. The quantitative estimate of drug-likeness (QED) is 0.706. The average Bonchev–Trinajstić information content (AvgIpc) is 3.09. The van der Waals surface area contributed by atoms with Crippen LogP contribution in [0.3, 0.4) is 0 Å². The lowest BCUT2D eigenvalue weighted by atomic mass is 10.1. The fraction of sp³-hybridized carbons (Fsp3) is 0.381. The Balaban J connectivity index is 1.34. The number of thiophene rings is 1. The van der Waals surface area contributed by atoms with Gasteiger partial charge in [-0.25, -0.2) is 0 Å². The van der Waals surface area contributed by atoms with E-state index in [1.807, 2.05) is 11.0 Å². The Morgan fingerprint density at radius 1 is 1.18 bits per heavy atom. The highest BCUT2D eigenvalue weighted by Gasteiger charge is 2.20. The molecule has 0 spiro atoms. The predicted octanol–water partition coefficient (Wildman–Crippen LogP) is 3.92. The van der Waals surface area contributed by atoms with Crippen LogP contribution in [0.15, 0.2) is 35.0 Å². The van der Waals surface area contributed by atoms with E-state index >= 15 is 0 Å². The minimum Gasteiger partial charge on any atom is -0.489 e. The first-order valence-electron chi connectivity index (χ1n) is 9.48. The van der Waals surface area contributed by atoms with E-state index in [1.165, 1.54) is 5.56 Å². The summed E-state index contributed by atoms with van der Waals surface area (Å²) in [5.41, 5.74) is 2.18. The van der Waals surface area contributed by atoms with Gasteiger partial charge in [-0.15, -0.1) is 0 Å². The maximum Gasteiger partial charge on any atom is 0.246 e. The number of rotatable bonds is 4. The topological polar surface area (TPSA) is 42.0 Å². The van der Waals surface area contributed by atoms with Gasteiger partial charge in [0, 0.05) is 45.2 Å². The van der Waals surface area contributed by atoms with E-state index in [9.17, 15) is 4.79 Å². The summed E-state index contributed by atoms with van der Waals surface area (Å²) in [6.07, 6.45) is 4.23. The minimum absolute atomic E-state index is 0.0263. The molecule has 0 atom stereocenters. The van der Waals surface area contributed by atoms with Crippen molar-refractivity contribution in [2.24, 2.45) is 0 Å². The molecule has 0 saturated carbocycles. The second kappa shape index (κ2) is 8.99. The van der Waals surface area contributed by atoms with Gasteiger partial charge < -0.3 is 14.4 Å². The lowest BCUT2D eigenvalue weighted by Gasteiger charge is -2.34. The number of amides is 1. The summed E-state index contributed by atoms with van der Waals surface area (Å²) in [6, 6.07) is 5.83. The molecule has 0 radical (unpaired) electrons. The molecule has 2 aliphatic heterocycles. The largest absolute Gasteiger partial charge is 0.489 e. The summed E-state index contributed by atoms with van der Waals surface area (Å²) in [4.78, 5) is 16.8. The van der Waals surface area contributed by atoms with Crippen LogP contribution in [0.4, 0.5) is 0 Å². The number of piperazine rings is 1. The number of fused-ring (bicyclic) bond motifs is 1. The van der Waals surface area contributed by atoms with Gasteiger partial charge in [0.2, 0.25) is 5.91 Å². The zero-order valence-electron chi connectivity index (χ0n) is 15.6. The number of carbonyl (C=O) groups is 1. The van der Waals surface area contributed by atoms with Gasteiger partial charge in [-0.3, -0.25) is 9.69 Å². The first-order chi connectivity index (χ1) is 13.7. The van der Waals surface area contributed by atoms with Crippen molar-refractivity contribution >= 4 is 34.9 Å². The molecule has 0 bridgehead atoms. The normalized spacial score (nSPS) is 17.7. The van der Waals surface area contributed by atoms with Gasteiger partial charge >= 0.3 is 0 Å². The second-order valence-electron chi connectivity index (χ2n) is 6.95. The molecule has 28 heavy (non-hydrogen) atoms. The van der Waals surface area contributed by atoms with Gasteiger partial charge in [0.1, 0.15) is 0 Å². The third-order valence-electron chi connectivity index (χ3n) is 4.91. The van der Waals surface area contributed by atoms with Crippen LogP contribution >= 0.6 is 22.9 Å². The van der Waals surface area contributed by atoms with Gasteiger partial charge in [0.15, 0.2) is 11.5 Å². The third-order valence-corrected chi connectivity index (χ3v) is 5.93. The highest BCUT2D eigenvalue weighted by molar-refractivity contribution is 7.07. The summed E-state index contributed by atoms with van der Waals surface area (Å²) in [5, 5.41) is 4.79. The van der Waals surface area contributed by atoms with E-state index in [1.54, 1.807) is 29.6 Å². The van der Waals surface area contributed by atoms with Gasteiger partial charge in [0.25, 0.3) is 0 Å². The minimum atomic E-state index is 0.0263. The van der Waals surface area contributed by atoms with E-state index in [0.29, 0.717) is 29.7 Å². The molecule has 1 fully saturated rings. The number of hydrogen-bond donors (Lipinski definition) is 0. The molecule has 1 aromatic carbocycles. The van der Waals surface area contributed by atoms with Gasteiger partial charge in [-0.1, -0.05) is 11.6 Å².